The lowest BCUT2D eigenvalue weighted by Crippen LogP contribution is -2.55. The van der Waals surface area contributed by atoms with Gasteiger partial charge >= 0.3 is 0 Å². The Hall–Kier alpha value is -6.44. The molecule has 1 heteroatoms. The number of nitrogens with zero attached hydrogens (tertiary/aromatic N) is 1. The number of hydrogen-bond acceptors (Lipinski definition) is 1. The summed E-state index contributed by atoms with van der Waals surface area (Å²) in [7, 11) is 0. The first-order chi connectivity index (χ1) is 30.4. The zero-order valence-corrected chi connectivity index (χ0v) is 35.7. The van der Waals surface area contributed by atoms with E-state index >= 15 is 0 Å². The van der Waals surface area contributed by atoms with Gasteiger partial charge in [-0.25, -0.2) is 0 Å². The van der Waals surface area contributed by atoms with Gasteiger partial charge in [0, 0.05) is 27.9 Å². The summed E-state index contributed by atoms with van der Waals surface area (Å²) in [6, 6.07) is 71.1. The molecule has 0 radical (unpaired) electrons. The predicted molar refractivity (Wildman–Crippen MR) is 258 cm³/mol. The molecule has 1 spiro atoms. The Labute approximate surface area is 366 Å². The van der Waals surface area contributed by atoms with Crippen LogP contribution in [0.2, 0.25) is 0 Å². The van der Waals surface area contributed by atoms with Gasteiger partial charge in [-0.15, -0.1) is 0 Å². The molecule has 0 heterocycles. The van der Waals surface area contributed by atoms with Gasteiger partial charge in [-0.1, -0.05) is 159 Å². The molecule has 300 valence electrons. The van der Waals surface area contributed by atoms with Gasteiger partial charge in [0.2, 0.25) is 0 Å². The fraction of sp³-hybridized carbons (Fsp3) is 0.213. The molecule has 0 unspecified atom stereocenters. The van der Waals surface area contributed by atoms with Gasteiger partial charge in [0.25, 0.3) is 0 Å². The molecule has 6 aliphatic carbocycles. The zero-order chi connectivity index (χ0) is 41.2. The highest BCUT2D eigenvalue weighted by Crippen LogP contribution is 2.69. The van der Waals surface area contributed by atoms with E-state index in [0.717, 1.165) is 35.0 Å². The number of benzene rings is 8. The highest BCUT2D eigenvalue weighted by molar-refractivity contribution is 5.88. The van der Waals surface area contributed by atoms with E-state index in [4.69, 9.17) is 0 Å². The average Bonchev–Trinajstić information content (AvgIpc) is 3.74. The quantitative estimate of drug-likeness (QED) is 0.162. The van der Waals surface area contributed by atoms with Crippen LogP contribution in [-0.2, 0) is 10.8 Å². The first kappa shape index (κ1) is 36.2. The van der Waals surface area contributed by atoms with Crippen LogP contribution in [0.15, 0.2) is 188 Å². The van der Waals surface area contributed by atoms with E-state index < -0.39 is 0 Å². The lowest BCUT2D eigenvalue weighted by molar-refractivity contribution is -0.0399. The first-order valence-electron chi connectivity index (χ1n) is 23.1. The average molecular weight is 798 g/mol. The van der Waals surface area contributed by atoms with Crippen LogP contribution in [0.3, 0.4) is 0 Å². The van der Waals surface area contributed by atoms with Crippen molar-refractivity contribution in [2.24, 2.45) is 23.7 Å². The summed E-state index contributed by atoms with van der Waals surface area (Å²) < 4.78 is 0. The molecule has 8 aromatic carbocycles. The number of rotatable bonds is 6. The Morgan fingerprint density at radius 3 is 1.39 bits per heavy atom. The molecule has 8 aromatic rings. The standard InChI is InChI=1S/C61H51N/c1-60(2)56-14-8-6-12-52(56)54-30-29-51(38-59(54)60)62(49-25-20-44(21-26-49)43-18-16-42(17-19-43)41-10-4-3-5-11-41)50-27-22-45(23-28-50)46-24-31-58-55(37-46)53-13-7-9-15-57(53)61(58)47-33-39-32-40(35-47)36-48(61)34-39/h3-31,37-40,47-48H,32-36H2,1-2H3. The van der Waals surface area contributed by atoms with Crippen LogP contribution in [0.5, 0.6) is 0 Å². The van der Waals surface area contributed by atoms with E-state index in [1.807, 2.05) is 0 Å². The Balaban J connectivity index is 0.874. The topological polar surface area (TPSA) is 3.24 Å². The summed E-state index contributed by atoms with van der Waals surface area (Å²) in [5.41, 5.74) is 22.7. The maximum Gasteiger partial charge on any atom is 0.0465 e. The molecule has 0 aromatic heterocycles. The Morgan fingerprint density at radius 2 is 0.774 bits per heavy atom. The smallest absolute Gasteiger partial charge is 0.0465 e. The zero-order valence-electron chi connectivity index (χ0n) is 35.7. The highest BCUT2D eigenvalue weighted by Gasteiger charge is 2.61. The summed E-state index contributed by atoms with van der Waals surface area (Å²) in [6.07, 6.45) is 7.15. The Kier molecular flexibility index (Phi) is 7.91. The summed E-state index contributed by atoms with van der Waals surface area (Å²) in [5, 5.41) is 0. The first-order valence-corrected chi connectivity index (χ1v) is 23.1. The molecule has 0 saturated heterocycles. The van der Waals surface area contributed by atoms with E-state index in [1.54, 1.807) is 11.1 Å². The molecular weight excluding hydrogens is 747 g/mol. The molecule has 0 aliphatic heterocycles. The largest absolute Gasteiger partial charge is 0.310 e. The second-order valence-corrected chi connectivity index (χ2v) is 19.8. The number of anilines is 3. The molecule has 1 nitrogen and oxygen atoms in total. The third-order valence-corrected chi connectivity index (χ3v) is 16.3. The summed E-state index contributed by atoms with van der Waals surface area (Å²) >= 11 is 0. The van der Waals surface area contributed by atoms with Crippen molar-refractivity contribution in [2.45, 2.75) is 56.8 Å². The van der Waals surface area contributed by atoms with Crippen LogP contribution in [0, 0.1) is 23.7 Å². The molecule has 4 saturated carbocycles. The van der Waals surface area contributed by atoms with Gasteiger partial charge in [-0.2, -0.15) is 0 Å². The van der Waals surface area contributed by atoms with Gasteiger partial charge in [0.1, 0.15) is 0 Å². The molecule has 0 N–H and O–H groups in total. The molecule has 4 bridgehead atoms. The maximum absolute atomic E-state index is 2.55. The van der Waals surface area contributed by atoms with Crippen molar-refractivity contribution in [1.82, 2.24) is 0 Å². The summed E-state index contributed by atoms with van der Waals surface area (Å²) in [6.45, 7) is 4.75. The fourth-order valence-electron chi connectivity index (χ4n) is 13.7. The lowest BCUT2D eigenvalue weighted by atomic mass is 9.43. The molecule has 4 fully saturated rings. The van der Waals surface area contributed by atoms with Crippen LogP contribution in [-0.4, -0.2) is 0 Å². The molecule has 62 heavy (non-hydrogen) atoms. The SMILES string of the molecule is CC1(C)c2ccccc2-c2ccc(N(c3ccc(-c4ccc(-c5ccccc5)cc4)cc3)c3ccc(-c4ccc5c(c4)-c4ccccc4C54C5CC6CC(C5)CC4C6)cc3)cc21. The van der Waals surface area contributed by atoms with Gasteiger partial charge in [0.15, 0.2) is 0 Å². The maximum atomic E-state index is 2.55. The Bertz CT molecular complexity index is 3000. The summed E-state index contributed by atoms with van der Waals surface area (Å²) in [4.78, 5) is 2.44. The van der Waals surface area contributed by atoms with Gasteiger partial charge in [-0.3, -0.25) is 0 Å². The fourth-order valence-corrected chi connectivity index (χ4v) is 13.7. The van der Waals surface area contributed by atoms with Crippen molar-refractivity contribution in [1.29, 1.82) is 0 Å². The second kappa shape index (κ2) is 13.5. The van der Waals surface area contributed by atoms with Crippen LogP contribution < -0.4 is 4.90 Å². The molecule has 0 amide bonds. The van der Waals surface area contributed by atoms with Crippen LogP contribution in [0.4, 0.5) is 17.1 Å². The third kappa shape index (κ3) is 5.27. The normalized spacial score (nSPS) is 22.9. The van der Waals surface area contributed by atoms with Gasteiger partial charge in [0.05, 0.1) is 0 Å². The minimum atomic E-state index is -0.0886. The molecular formula is C61H51N. The minimum Gasteiger partial charge on any atom is -0.310 e. The lowest BCUT2D eigenvalue weighted by Gasteiger charge is -2.61. The van der Waals surface area contributed by atoms with Crippen LogP contribution in [0.25, 0.3) is 55.6 Å². The highest BCUT2D eigenvalue weighted by atomic mass is 15.1. The van der Waals surface area contributed by atoms with Gasteiger partial charge < -0.3 is 4.90 Å². The third-order valence-electron chi connectivity index (χ3n) is 16.3. The van der Waals surface area contributed by atoms with Crippen molar-refractivity contribution < 1.29 is 0 Å². The van der Waals surface area contributed by atoms with Crippen LogP contribution in [0.1, 0.15) is 68.2 Å². The van der Waals surface area contributed by atoms with E-state index in [-0.39, 0.29) is 10.8 Å². The number of fused-ring (bicyclic) bond motifs is 6. The van der Waals surface area contributed by atoms with E-state index in [1.165, 1.54) is 105 Å². The monoisotopic (exact) mass is 797 g/mol. The second-order valence-electron chi connectivity index (χ2n) is 19.8. The van der Waals surface area contributed by atoms with E-state index in [9.17, 15) is 0 Å². The van der Waals surface area contributed by atoms with Crippen molar-refractivity contribution in [3.05, 3.63) is 210 Å². The molecule has 0 atom stereocenters. The van der Waals surface area contributed by atoms with Crippen molar-refractivity contribution in [3.8, 4) is 55.6 Å². The molecule has 6 aliphatic rings. The van der Waals surface area contributed by atoms with Crippen molar-refractivity contribution in [2.75, 3.05) is 4.90 Å². The molecule has 14 rings (SSSR count). The van der Waals surface area contributed by atoms with E-state index in [2.05, 4.69) is 207 Å². The van der Waals surface area contributed by atoms with Crippen LogP contribution >= 0.6 is 0 Å². The minimum absolute atomic E-state index is 0.0886. The predicted octanol–water partition coefficient (Wildman–Crippen LogP) is 16.2. The summed E-state index contributed by atoms with van der Waals surface area (Å²) in [5.74, 6) is 3.47. The number of hydrogen-bond donors (Lipinski definition) is 0. The van der Waals surface area contributed by atoms with E-state index in [0.29, 0.717) is 0 Å². The van der Waals surface area contributed by atoms with Gasteiger partial charge in [-0.05, 0) is 176 Å². The van der Waals surface area contributed by atoms with Crippen molar-refractivity contribution >= 4 is 17.1 Å². The Morgan fingerprint density at radius 1 is 0.339 bits per heavy atom. The van der Waals surface area contributed by atoms with Crippen molar-refractivity contribution in [3.63, 3.8) is 0 Å².